The molecule has 0 saturated heterocycles. The minimum Gasteiger partial charge on any atom is -0.364 e. The average Bonchev–Trinajstić information content (AvgIpc) is 1.83. The topological polar surface area (TPSA) is 29.5 Å². The van der Waals surface area contributed by atoms with Gasteiger partial charge in [-0.05, 0) is 0 Å². The van der Waals surface area contributed by atoms with Gasteiger partial charge in [0.25, 0.3) is 0 Å². The standard InChI is InChI=1S/C5H7F3O2/c1-3(4(9)10-2)5(6,7)8/h4,9H,1H2,2H3/t4-/m1/s1. The molecule has 0 bridgehead atoms. The Hall–Kier alpha value is -0.550. The second-order valence-corrected chi connectivity index (χ2v) is 1.61. The van der Waals surface area contributed by atoms with E-state index in [9.17, 15) is 13.2 Å². The summed E-state index contributed by atoms with van der Waals surface area (Å²) in [6.07, 6.45) is -6.55. The molecule has 0 aliphatic rings. The van der Waals surface area contributed by atoms with E-state index in [1.54, 1.807) is 0 Å². The second kappa shape index (κ2) is 3.03. The lowest BCUT2D eigenvalue weighted by atomic mass is 10.3. The fourth-order valence-corrected chi connectivity index (χ4v) is 0.282. The summed E-state index contributed by atoms with van der Waals surface area (Å²) in [7, 11) is 0.960. The van der Waals surface area contributed by atoms with Crippen LogP contribution in [0.2, 0.25) is 0 Å². The Bertz CT molecular complexity index is 129. The minimum absolute atomic E-state index is 0.960. The van der Waals surface area contributed by atoms with E-state index in [1.165, 1.54) is 0 Å². The molecule has 0 rings (SSSR count). The van der Waals surface area contributed by atoms with E-state index in [2.05, 4.69) is 11.3 Å². The largest absolute Gasteiger partial charge is 0.416 e. The van der Waals surface area contributed by atoms with E-state index in [1.807, 2.05) is 0 Å². The first-order valence-electron chi connectivity index (χ1n) is 2.36. The van der Waals surface area contributed by atoms with Gasteiger partial charge in [0.2, 0.25) is 0 Å². The lowest BCUT2D eigenvalue weighted by molar-refractivity contribution is -0.141. The van der Waals surface area contributed by atoms with Crippen LogP contribution in [0.5, 0.6) is 0 Å². The van der Waals surface area contributed by atoms with E-state index >= 15 is 0 Å². The molecule has 1 atom stereocenters. The van der Waals surface area contributed by atoms with Gasteiger partial charge in [-0.15, -0.1) is 0 Å². The molecule has 0 aromatic rings. The number of rotatable bonds is 2. The summed E-state index contributed by atoms with van der Waals surface area (Å²) in [5.74, 6) is 0. The third kappa shape index (κ3) is 2.36. The third-order valence-corrected chi connectivity index (χ3v) is 0.885. The molecule has 0 spiro atoms. The maximum absolute atomic E-state index is 11.5. The van der Waals surface area contributed by atoms with Gasteiger partial charge in [-0.25, -0.2) is 0 Å². The number of alkyl halides is 3. The zero-order chi connectivity index (χ0) is 8.36. The van der Waals surface area contributed by atoms with Crippen molar-refractivity contribution in [3.63, 3.8) is 0 Å². The fourth-order valence-electron chi connectivity index (χ4n) is 0.282. The first-order valence-corrected chi connectivity index (χ1v) is 2.36. The van der Waals surface area contributed by atoms with Gasteiger partial charge in [0.15, 0.2) is 6.29 Å². The highest BCUT2D eigenvalue weighted by molar-refractivity contribution is 5.05. The second-order valence-electron chi connectivity index (χ2n) is 1.61. The fraction of sp³-hybridized carbons (Fsp3) is 0.600. The van der Waals surface area contributed by atoms with Crippen molar-refractivity contribution in [2.45, 2.75) is 12.5 Å². The molecule has 1 N–H and O–H groups in total. The molecule has 0 aliphatic carbocycles. The van der Waals surface area contributed by atoms with Gasteiger partial charge in [-0.3, -0.25) is 0 Å². The predicted octanol–water partition coefficient (Wildman–Crippen LogP) is 1.07. The maximum atomic E-state index is 11.5. The summed E-state index contributed by atoms with van der Waals surface area (Å²) in [6.45, 7) is 2.60. The maximum Gasteiger partial charge on any atom is 0.416 e. The highest BCUT2D eigenvalue weighted by Crippen LogP contribution is 2.26. The predicted molar refractivity (Wildman–Crippen MR) is 28.2 cm³/mol. The Morgan fingerprint density at radius 2 is 2.00 bits per heavy atom. The molecular weight excluding hydrogens is 149 g/mol. The molecule has 10 heavy (non-hydrogen) atoms. The lowest BCUT2D eigenvalue weighted by Gasteiger charge is -2.13. The quantitative estimate of drug-likeness (QED) is 0.478. The van der Waals surface area contributed by atoms with Crippen molar-refractivity contribution >= 4 is 0 Å². The summed E-state index contributed by atoms with van der Waals surface area (Å²) < 4.78 is 38.6. The van der Waals surface area contributed by atoms with Crippen molar-refractivity contribution < 1.29 is 23.0 Å². The number of halogens is 3. The number of aliphatic hydroxyl groups excluding tert-OH is 1. The minimum atomic E-state index is -4.59. The van der Waals surface area contributed by atoms with Crippen LogP contribution >= 0.6 is 0 Å². The summed E-state index contributed by atoms with van der Waals surface area (Å²) >= 11 is 0. The monoisotopic (exact) mass is 156 g/mol. The Morgan fingerprint density at radius 3 is 2.10 bits per heavy atom. The number of hydrogen-bond acceptors (Lipinski definition) is 2. The highest BCUT2D eigenvalue weighted by atomic mass is 19.4. The van der Waals surface area contributed by atoms with Gasteiger partial charge >= 0.3 is 6.18 Å². The molecule has 5 heteroatoms. The molecule has 2 nitrogen and oxygen atoms in total. The first-order chi connectivity index (χ1) is 4.39. The summed E-state index contributed by atoms with van der Waals surface area (Å²) in [4.78, 5) is 0. The number of ether oxygens (including phenoxy) is 1. The number of methoxy groups -OCH3 is 1. The molecule has 0 saturated carbocycles. The molecule has 0 unspecified atom stereocenters. The number of aliphatic hydroxyl groups is 1. The van der Waals surface area contributed by atoms with Crippen molar-refractivity contribution in [2.75, 3.05) is 7.11 Å². The van der Waals surface area contributed by atoms with Crippen molar-refractivity contribution in [3.05, 3.63) is 12.2 Å². The van der Waals surface area contributed by atoms with Gasteiger partial charge in [0.05, 0.1) is 5.57 Å². The molecule has 0 aromatic carbocycles. The third-order valence-electron chi connectivity index (χ3n) is 0.885. The van der Waals surface area contributed by atoms with Crippen LogP contribution in [0, 0.1) is 0 Å². The Morgan fingerprint density at radius 1 is 1.60 bits per heavy atom. The molecule has 0 radical (unpaired) electrons. The van der Waals surface area contributed by atoms with Gasteiger partial charge in [-0.2, -0.15) is 13.2 Å². The highest BCUT2D eigenvalue weighted by Gasteiger charge is 2.36. The Balaban J connectivity index is 4.09. The van der Waals surface area contributed by atoms with Crippen LogP contribution in [0.4, 0.5) is 13.2 Å². The van der Waals surface area contributed by atoms with Crippen LogP contribution in [0.15, 0.2) is 12.2 Å². The van der Waals surface area contributed by atoms with E-state index in [0.717, 1.165) is 7.11 Å². The van der Waals surface area contributed by atoms with Crippen LogP contribution in [-0.4, -0.2) is 24.7 Å². The molecule has 0 aliphatic heterocycles. The molecule has 0 amide bonds. The molecule has 0 fully saturated rings. The zero-order valence-corrected chi connectivity index (χ0v) is 5.27. The molecule has 0 heterocycles. The summed E-state index contributed by atoms with van der Waals surface area (Å²) in [6, 6.07) is 0. The molecule has 60 valence electrons. The normalized spacial score (nSPS) is 14.9. The SMILES string of the molecule is C=C([C@H](O)OC)C(F)(F)F. The summed E-state index contributed by atoms with van der Waals surface area (Å²) in [5.41, 5.74) is -1.30. The van der Waals surface area contributed by atoms with Crippen molar-refractivity contribution in [2.24, 2.45) is 0 Å². The zero-order valence-electron chi connectivity index (χ0n) is 5.27. The smallest absolute Gasteiger partial charge is 0.364 e. The molecular formula is C5H7F3O2. The average molecular weight is 156 g/mol. The van der Waals surface area contributed by atoms with E-state index in [-0.39, 0.29) is 0 Å². The van der Waals surface area contributed by atoms with Gasteiger partial charge in [0.1, 0.15) is 0 Å². The van der Waals surface area contributed by atoms with Crippen LogP contribution in [0.3, 0.4) is 0 Å². The van der Waals surface area contributed by atoms with Crippen molar-refractivity contribution in [1.82, 2.24) is 0 Å². The molecule has 0 aromatic heterocycles. The van der Waals surface area contributed by atoms with Gasteiger partial charge in [-0.1, -0.05) is 6.58 Å². The van der Waals surface area contributed by atoms with E-state index in [0.29, 0.717) is 0 Å². The van der Waals surface area contributed by atoms with Crippen LogP contribution in [0.1, 0.15) is 0 Å². The van der Waals surface area contributed by atoms with Crippen molar-refractivity contribution in [1.29, 1.82) is 0 Å². The van der Waals surface area contributed by atoms with Crippen molar-refractivity contribution in [3.8, 4) is 0 Å². The number of hydrogen-bond donors (Lipinski definition) is 1. The Labute approximate surface area is 55.9 Å². The van der Waals surface area contributed by atoms with Crippen LogP contribution in [0.25, 0.3) is 0 Å². The van der Waals surface area contributed by atoms with E-state index in [4.69, 9.17) is 5.11 Å². The Kier molecular flexibility index (Phi) is 2.86. The lowest BCUT2D eigenvalue weighted by Crippen LogP contribution is -2.24. The van der Waals surface area contributed by atoms with Crippen LogP contribution in [-0.2, 0) is 4.74 Å². The summed E-state index contributed by atoms with van der Waals surface area (Å²) in [5, 5.41) is 8.42. The van der Waals surface area contributed by atoms with Crippen LogP contribution < -0.4 is 0 Å². The van der Waals surface area contributed by atoms with E-state index < -0.39 is 18.0 Å². The van der Waals surface area contributed by atoms with Gasteiger partial charge in [0, 0.05) is 7.11 Å². The first kappa shape index (κ1) is 9.45. The van der Waals surface area contributed by atoms with Gasteiger partial charge < -0.3 is 9.84 Å².